The van der Waals surface area contributed by atoms with Crippen LogP contribution >= 0.6 is 0 Å². The van der Waals surface area contributed by atoms with Gasteiger partial charge in [0, 0.05) is 13.1 Å². The summed E-state index contributed by atoms with van der Waals surface area (Å²) in [5.74, 6) is -4.47. The van der Waals surface area contributed by atoms with Crippen LogP contribution in [0.15, 0.2) is 36.4 Å². The van der Waals surface area contributed by atoms with Gasteiger partial charge in [-0.2, -0.15) is 0 Å². The highest BCUT2D eigenvalue weighted by atomic mass is 19.2. The molecule has 2 aromatic rings. The number of hydrogen-bond donors (Lipinski definition) is 0. The molecule has 2 aromatic carbocycles. The second kappa shape index (κ2) is 6.17. The maximum atomic E-state index is 13.6. The summed E-state index contributed by atoms with van der Waals surface area (Å²) < 4.78 is 52.7. The van der Waals surface area contributed by atoms with E-state index in [1.165, 1.54) is 18.0 Å². The van der Waals surface area contributed by atoms with E-state index in [2.05, 4.69) is 0 Å². The fourth-order valence-corrected chi connectivity index (χ4v) is 2.02. The summed E-state index contributed by atoms with van der Waals surface area (Å²) in [6.07, 6.45) is 0. The Hall–Kier alpha value is -2.37. The van der Waals surface area contributed by atoms with Crippen LogP contribution in [-0.4, -0.2) is 17.9 Å². The van der Waals surface area contributed by atoms with E-state index < -0.39 is 35.2 Å². The Labute approximate surface area is 125 Å². The number of benzene rings is 2. The number of carbonyl (C=O) groups excluding carboxylic acids is 1. The summed E-state index contributed by atoms with van der Waals surface area (Å²) in [4.78, 5) is 13.4. The molecule has 0 saturated carbocycles. The third-order valence-corrected chi connectivity index (χ3v) is 3.49. The van der Waals surface area contributed by atoms with Crippen LogP contribution in [0.25, 0.3) is 0 Å². The van der Waals surface area contributed by atoms with Gasteiger partial charge in [0.25, 0.3) is 5.91 Å². The number of halogens is 4. The molecule has 1 unspecified atom stereocenters. The summed E-state index contributed by atoms with van der Waals surface area (Å²) in [5, 5.41) is 0. The van der Waals surface area contributed by atoms with E-state index in [-0.39, 0.29) is 5.56 Å². The molecule has 0 aromatic heterocycles. The molecule has 2 rings (SSSR count). The number of hydrogen-bond acceptors (Lipinski definition) is 1. The fraction of sp³-hybridized carbons (Fsp3) is 0.188. The molecule has 1 amide bonds. The second-order valence-electron chi connectivity index (χ2n) is 4.89. The lowest BCUT2D eigenvalue weighted by molar-refractivity contribution is 0.0737. The summed E-state index contributed by atoms with van der Waals surface area (Å²) in [7, 11) is 1.40. The van der Waals surface area contributed by atoms with Crippen molar-refractivity contribution in [2.24, 2.45) is 0 Å². The van der Waals surface area contributed by atoms with Crippen molar-refractivity contribution in [1.82, 2.24) is 4.90 Å². The van der Waals surface area contributed by atoms with Gasteiger partial charge in [-0.3, -0.25) is 4.79 Å². The van der Waals surface area contributed by atoms with Gasteiger partial charge in [-0.25, -0.2) is 17.6 Å². The van der Waals surface area contributed by atoms with Gasteiger partial charge in [0.05, 0.1) is 11.6 Å². The highest BCUT2D eigenvalue weighted by Gasteiger charge is 2.22. The number of amides is 1. The van der Waals surface area contributed by atoms with E-state index in [0.717, 1.165) is 24.3 Å². The van der Waals surface area contributed by atoms with Crippen molar-refractivity contribution in [2.75, 3.05) is 7.05 Å². The molecule has 2 nitrogen and oxygen atoms in total. The third-order valence-electron chi connectivity index (χ3n) is 3.49. The lowest BCUT2D eigenvalue weighted by atomic mass is 10.1. The Morgan fingerprint density at radius 2 is 1.64 bits per heavy atom. The minimum Gasteiger partial charge on any atom is -0.335 e. The molecule has 0 aliphatic rings. The zero-order chi connectivity index (χ0) is 16.4. The van der Waals surface area contributed by atoms with E-state index in [4.69, 9.17) is 0 Å². The van der Waals surface area contributed by atoms with Crippen molar-refractivity contribution in [3.63, 3.8) is 0 Å². The first-order valence-electron chi connectivity index (χ1n) is 6.48. The molecule has 0 radical (unpaired) electrons. The molecule has 0 aliphatic carbocycles. The van der Waals surface area contributed by atoms with Crippen LogP contribution in [-0.2, 0) is 0 Å². The Morgan fingerprint density at radius 3 is 2.23 bits per heavy atom. The van der Waals surface area contributed by atoms with E-state index >= 15 is 0 Å². The molecule has 0 heterocycles. The first-order valence-corrected chi connectivity index (χ1v) is 6.48. The molecule has 22 heavy (non-hydrogen) atoms. The monoisotopic (exact) mass is 311 g/mol. The maximum absolute atomic E-state index is 13.6. The smallest absolute Gasteiger partial charge is 0.257 e. The van der Waals surface area contributed by atoms with Gasteiger partial charge >= 0.3 is 0 Å². The highest BCUT2D eigenvalue weighted by Crippen LogP contribution is 2.23. The second-order valence-corrected chi connectivity index (χ2v) is 4.89. The quantitative estimate of drug-likeness (QED) is 0.782. The van der Waals surface area contributed by atoms with Gasteiger partial charge in [-0.1, -0.05) is 6.07 Å². The number of nitrogens with zero attached hydrogens (tertiary/aromatic N) is 1. The van der Waals surface area contributed by atoms with Crippen molar-refractivity contribution in [3.8, 4) is 0 Å². The van der Waals surface area contributed by atoms with Crippen molar-refractivity contribution < 1.29 is 22.4 Å². The fourth-order valence-electron chi connectivity index (χ4n) is 2.02. The van der Waals surface area contributed by atoms with E-state index in [1.54, 1.807) is 6.92 Å². The first-order chi connectivity index (χ1) is 10.3. The van der Waals surface area contributed by atoms with Crippen LogP contribution in [0.1, 0.15) is 28.9 Å². The van der Waals surface area contributed by atoms with Gasteiger partial charge in [0.2, 0.25) is 0 Å². The largest absolute Gasteiger partial charge is 0.335 e. The van der Waals surface area contributed by atoms with Crippen LogP contribution in [0.3, 0.4) is 0 Å². The van der Waals surface area contributed by atoms with E-state index in [9.17, 15) is 22.4 Å². The zero-order valence-corrected chi connectivity index (χ0v) is 11.9. The molecule has 0 N–H and O–H groups in total. The lowest BCUT2D eigenvalue weighted by Crippen LogP contribution is -2.30. The Balaban J connectivity index is 2.27. The zero-order valence-electron chi connectivity index (χ0n) is 11.9. The van der Waals surface area contributed by atoms with Crippen LogP contribution in [0.4, 0.5) is 17.6 Å². The molecule has 0 fully saturated rings. The average Bonchev–Trinajstić information content (AvgIpc) is 2.48. The van der Waals surface area contributed by atoms with Crippen molar-refractivity contribution in [2.45, 2.75) is 13.0 Å². The molecule has 116 valence electrons. The van der Waals surface area contributed by atoms with Crippen molar-refractivity contribution >= 4 is 5.91 Å². The lowest BCUT2D eigenvalue weighted by Gasteiger charge is -2.25. The standard InChI is InChI=1S/C16H13F4NO/c1-9(10-3-6-13(18)15(20)7-10)21(2)16(22)12-5-4-11(17)8-14(12)19/h3-9H,1-2H3. The topological polar surface area (TPSA) is 20.3 Å². The maximum Gasteiger partial charge on any atom is 0.257 e. The van der Waals surface area contributed by atoms with Gasteiger partial charge in [-0.15, -0.1) is 0 Å². The molecule has 0 aliphatic heterocycles. The molecule has 0 spiro atoms. The average molecular weight is 311 g/mol. The normalized spacial score (nSPS) is 12.1. The Morgan fingerprint density at radius 1 is 0.955 bits per heavy atom. The third kappa shape index (κ3) is 3.10. The van der Waals surface area contributed by atoms with Crippen LogP contribution < -0.4 is 0 Å². The van der Waals surface area contributed by atoms with Gasteiger partial charge in [-0.05, 0) is 36.8 Å². The summed E-state index contributed by atoms with van der Waals surface area (Å²) >= 11 is 0. The Kier molecular flexibility index (Phi) is 4.49. The summed E-state index contributed by atoms with van der Waals surface area (Å²) in [6.45, 7) is 1.59. The summed E-state index contributed by atoms with van der Waals surface area (Å²) in [6, 6.07) is 5.29. The van der Waals surface area contributed by atoms with Crippen LogP contribution in [0.2, 0.25) is 0 Å². The molecule has 6 heteroatoms. The minimum absolute atomic E-state index is 0.293. The van der Waals surface area contributed by atoms with Crippen molar-refractivity contribution in [3.05, 3.63) is 70.8 Å². The van der Waals surface area contributed by atoms with E-state index in [1.807, 2.05) is 0 Å². The molecule has 0 bridgehead atoms. The number of carbonyl (C=O) groups is 1. The molecular weight excluding hydrogens is 298 g/mol. The SMILES string of the molecule is CC(c1ccc(F)c(F)c1)N(C)C(=O)c1ccc(F)cc1F. The Bertz CT molecular complexity index is 717. The van der Waals surface area contributed by atoms with Crippen molar-refractivity contribution in [1.29, 1.82) is 0 Å². The van der Waals surface area contributed by atoms with Crippen LogP contribution in [0.5, 0.6) is 0 Å². The van der Waals surface area contributed by atoms with Crippen LogP contribution in [0, 0.1) is 23.3 Å². The van der Waals surface area contributed by atoms with Gasteiger partial charge in [0.15, 0.2) is 11.6 Å². The highest BCUT2D eigenvalue weighted by molar-refractivity contribution is 5.94. The summed E-state index contributed by atoms with van der Waals surface area (Å²) in [5.41, 5.74) is 0.0654. The molecule has 1 atom stereocenters. The minimum atomic E-state index is -1.03. The van der Waals surface area contributed by atoms with Gasteiger partial charge in [0.1, 0.15) is 11.6 Å². The first kappa shape index (κ1) is 16.0. The predicted molar refractivity (Wildman–Crippen MR) is 73.2 cm³/mol. The van der Waals surface area contributed by atoms with Gasteiger partial charge < -0.3 is 4.90 Å². The predicted octanol–water partition coefficient (Wildman–Crippen LogP) is 4.08. The molecule has 0 saturated heterocycles. The van der Waals surface area contributed by atoms with E-state index in [0.29, 0.717) is 11.6 Å². The molecular formula is C16H13F4NO. The number of rotatable bonds is 3.